The van der Waals surface area contributed by atoms with Gasteiger partial charge in [-0.25, -0.2) is 8.78 Å². The van der Waals surface area contributed by atoms with Crippen molar-refractivity contribution in [2.24, 2.45) is 0 Å². The third-order valence-electron chi connectivity index (χ3n) is 4.35. The largest absolute Gasteiger partial charge is 0.490 e. The Balaban J connectivity index is 2.04. The van der Waals surface area contributed by atoms with E-state index in [4.69, 9.17) is 32.7 Å². The van der Waals surface area contributed by atoms with Gasteiger partial charge in [0.15, 0.2) is 11.6 Å². The van der Waals surface area contributed by atoms with Crippen LogP contribution < -0.4 is 14.8 Å². The van der Waals surface area contributed by atoms with Crippen LogP contribution in [0.25, 0.3) is 0 Å². The molecule has 0 unspecified atom stereocenters. The van der Waals surface area contributed by atoms with Crippen molar-refractivity contribution < 1.29 is 27.4 Å². The van der Waals surface area contributed by atoms with E-state index >= 15 is 4.39 Å². The van der Waals surface area contributed by atoms with E-state index in [-0.39, 0.29) is 21.8 Å². The summed E-state index contributed by atoms with van der Waals surface area (Å²) >= 11 is 11.8. The van der Waals surface area contributed by atoms with Crippen molar-refractivity contribution in [2.75, 3.05) is 12.4 Å². The second-order valence-corrected chi connectivity index (χ2v) is 6.95. The van der Waals surface area contributed by atoms with Crippen LogP contribution in [0.3, 0.4) is 0 Å². The van der Waals surface area contributed by atoms with E-state index < -0.39 is 40.4 Å². The SMILES string of the molecule is COc1c(F)c(F)c(C(=O)Nc2c(Cl)cncc2Cl)c(F)c1OC1CCCC1. The molecule has 1 amide bonds. The summed E-state index contributed by atoms with van der Waals surface area (Å²) in [5.74, 6) is -7.30. The van der Waals surface area contributed by atoms with Gasteiger partial charge in [-0.1, -0.05) is 23.2 Å². The summed E-state index contributed by atoms with van der Waals surface area (Å²) in [5.41, 5.74) is -1.29. The number of hydrogen-bond acceptors (Lipinski definition) is 4. The molecule has 2 aromatic rings. The first-order valence-electron chi connectivity index (χ1n) is 8.36. The molecule has 1 aromatic carbocycles. The van der Waals surface area contributed by atoms with Crippen LogP contribution in [0.1, 0.15) is 36.0 Å². The molecule has 1 fully saturated rings. The predicted octanol–water partition coefficient (Wildman–Crippen LogP) is 5.39. The minimum atomic E-state index is -1.72. The molecule has 0 spiro atoms. The number of ether oxygens (including phenoxy) is 2. The first-order valence-corrected chi connectivity index (χ1v) is 9.12. The molecule has 1 saturated carbocycles. The van der Waals surface area contributed by atoms with Gasteiger partial charge in [-0.05, 0) is 25.7 Å². The second-order valence-electron chi connectivity index (χ2n) is 6.14. The van der Waals surface area contributed by atoms with Crippen molar-refractivity contribution in [1.29, 1.82) is 0 Å². The number of carbonyl (C=O) groups excluding carboxylic acids is 1. The average molecular weight is 435 g/mol. The molecule has 5 nitrogen and oxygen atoms in total. The van der Waals surface area contributed by atoms with Crippen LogP contribution in [0.4, 0.5) is 18.9 Å². The number of nitrogens with zero attached hydrogens (tertiary/aromatic N) is 1. The van der Waals surface area contributed by atoms with Gasteiger partial charge >= 0.3 is 0 Å². The summed E-state index contributed by atoms with van der Waals surface area (Å²) in [6.07, 6.45) is 4.97. The third-order valence-corrected chi connectivity index (χ3v) is 4.92. The van der Waals surface area contributed by atoms with E-state index in [1.807, 2.05) is 0 Å². The number of methoxy groups -OCH3 is 1. The molecule has 150 valence electrons. The third kappa shape index (κ3) is 3.84. The van der Waals surface area contributed by atoms with Gasteiger partial charge in [-0.3, -0.25) is 9.78 Å². The molecule has 0 saturated heterocycles. The number of amides is 1. The molecule has 1 N–H and O–H groups in total. The fraction of sp³-hybridized carbons (Fsp3) is 0.333. The normalized spacial score (nSPS) is 14.2. The lowest BCUT2D eigenvalue weighted by atomic mass is 10.1. The van der Waals surface area contributed by atoms with Crippen molar-refractivity contribution in [3.63, 3.8) is 0 Å². The summed E-state index contributed by atoms with van der Waals surface area (Å²) < 4.78 is 54.2. The second kappa shape index (κ2) is 8.45. The summed E-state index contributed by atoms with van der Waals surface area (Å²) in [7, 11) is 1.05. The van der Waals surface area contributed by atoms with Crippen molar-refractivity contribution in [2.45, 2.75) is 31.8 Å². The minimum absolute atomic E-state index is 0.0573. The molecule has 0 aliphatic heterocycles. The highest BCUT2D eigenvalue weighted by Crippen LogP contribution is 2.40. The number of carbonyl (C=O) groups is 1. The Bertz CT molecular complexity index is 901. The number of pyridine rings is 1. The molecule has 1 aliphatic rings. The minimum Gasteiger partial charge on any atom is -0.490 e. The monoisotopic (exact) mass is 434 g/mol. The number of anilines is 1. The van der Waals surface area contributed by atoms with E-state index in [1.165, 1.54) is 12.4 Å². The zero-order valence-corrected chi connectivity index (χ0v) is 16.1. The Morgan fingerprint density at radius 1 is 1.07 bits per heavy atom. The lowest BCUT2D eigenvalue weighted by molar-refractivity contribution is 0.101. The predicted molar refractivity (Wildman–Crippen MR) is 98.0 cm³/mol. The number of nitrogens with one attached hydrogen (secondary N) is 1. The summed E-state index contributed by atoms with van der Waals surface area (Å²) in [6.45, 7) is 0. The maximum absolute atomic E-state index is 15.0. The van der Waals surface area contributed by atoms with Gasteiger partial charge in [-0.15, -0.1) is 0 Å². The van der Waals surface area contributed by atoms with Crippen molar-refractivity contribution in [3.05, 3.63) is 45.5 Å². The summed E-state index contributed by atoms with van der Waals surface area (Å²) in [5, 5.41) is 2.06. The molecule has 1 aliphatic carbocycles. The zero-order valence-electron chi connectivity index (χ0n) is 14.6. The smallest absolute Gasteiger partial charge is 0.261 e. The lowest BCUT2D eigenvalue weighted by Crippen LogP contribution is -2.21. The summed E-state index contributed by atoms with van der Waals surface area (Å²) in [6, 6.07) is 0. The number of benzene rings is 1. The molecular weight excluding hydrogens is 420 g/mol. The van der Waals surface area contributed by atoms with Crippen molar-refractivity contribution in [3.8, 4) is 11.5 Å². The fourth-order valence-corrected chi connectivity index (χ4v) is 3.44. The molecule has 1 heterocycles. The lowest BCUT2D eigenvalue weighted by Gasteiger charge is -2.19. The van der Waals surface area contributed by atoms with Gasteiger partial charge in [0.25, 0.3) is 5.91 Å². The first kappa shape index (κ1) is 20.5. The number of aromatic nitrogens is 1. The van der Waals surface area contributed by atoms with Gasteiger partial charge in [-0.2, -0.15) is 4.39 Å². The van der Waals surface area contributed by atoms with Crippen LogP contribution in [0, 0.1) is 17.5 Å². The van der Waals surface area contributed by atoms with Crippen LogP contribution in [0.2, 0.25) is 10.0 Å². The van der Waals surface area contributed by atoms with Crippen molar-refractivity contribution >= 4 is 34.8 Å². The van der Waals surface area contributed by atoms with E-state index in [0.717, 1.165) is 20.0 Å². The summed E-state index contributed by atoms with van der Waals surface area (Å²) in [4.78, 5) is 16.2. The van der Waals surface area contributed by atoms with Crippen LogP contribution in [-0.2, 0) is 0 Å². The quantitative estimate of drug-likeness (QED) is 0.640. The average Bonchev–Trinajstić information content (AvgIpc) is 3.16. The van der Waals surface area contributed by atoms with Crippen LogP contribution in [-0.4, -0.2) is 24.1 Å². The van der Waals surface area contributed by atoms with E-state index in [2.05, 4.69) is 10.3 Å². The number of halogens is 5. The molecule has 1 aromatic heterocycles. The highest BCUT2D eigenvalue weighted by molar-refractivity contribution is 6.39. The van der Waals surface area contributed by atoms with Gasteiger partial charge in [0, 0.05) is 12.4 Å². The molecule has 28 heavy (non-hydrogen) atoms. The van der Waals surface area contributed by atoms with Gasteiger partial charge in [0.1, 0.15) is 5.56 Å². The van der Waals surface area contributed by atoms with Gasteiger partial charge < -0.3 is 14.8 Å². The van der Waals surface area contributed by atoms with Crippen LogP contribution in [0.5, 0.6) is 11.5 Å². The topological polar surface area (TPSA) is 60.5 Å². The molecule has 0 radical (unpaired) electrons. The molecular formula is C18H15Cl2F3N2O3. The molecule has 10 heteroatoms. The molecule has 3 rings (SSSR count). The molecule has 0 bridgehead atoms. The Hall–Kier alpha value is -2.19. The molecule has 0 atom stereocenters. The van der Waals surface area contributed by atoms with E-state index in [9.17, 15) is 13.6 Å². The van der Waals surface area contributed by atoms with Crippen LogP contribution in [0.15, 0.2) is 12.4 Å². The highest BCUT2D eigenvalue weighted by atomic mass is 35.5. The number of rotatable bonds is 5. The van der Waals surface area contributed by atoms with Gasteiger partial charge in [0.2, 0.25) is 17.3 Å². The van der Waals surface area contributed by atoms with Gasteiger partial charge in [0.05, 0.1) is 28.9 Å². The Morgan fingerprint density at radius 2 is 1.68 bits per heavy atom. The number of hydrogen-bond donors (Lipinski definition) is 1. The Morgan fingerprint density at radius 3 is 2.25 bits per heavy atom. The maximum Gasteiger partial charge on any atom is 0.261 e. The maximum atomic E-state index is 15.0. The van der Waals surface area contributed by atoms with Crippen molar-refractivity contribution in [1.82, 2.24) is 4.98 Å². The van der Waals surface area contributed by atoms with E-state index in [1.54, 1.807) is 0 Å². The van der Waals surface area contributed by atoms with E-state index in [0.29, 0.717) is 12.8 Å². The Kier molecular flexibility index (Phi) is 6.20. The first-order chi connectivity index (χ1) is 13.3. The Labute approximate surface area is 168 Å². The standard InChI is InChI=1S/C18H15Cl2F3N2O3/c1-27-16-14(23)12(21)11(13(22)17(16)28-8-4-2-3-5-8)18(26)25-15-9(19)6-24-7-10(15)20/h6-8H,2-5H2,1H3,(H,24,25,26). The zero-order chi connectivity index (χ0) is 20.4. The van der Waals surface area contributed by atoms with Crippen LogP contribution >= 0.6 is 23.2 Å². The highest BCUT2D eigenvalue weighted by Gasteiger charge is 2.33. The fourth-order valence-electron chi connectivity index (χ4n) is 2.99.